The highest BCUT2D eigenvalue weighted by Gasteiger charge is 2.34. The fourth-order valence-corrected chi connectivity index (χ4v) is 1.79. The van der Waals surface area contributed by atoms with Crippen molar-refractivity contribution in [2.45, 2.75) is 40.0 Å². The van der Waals surface area contributed by atoms with Crippen LogP contribution in [0.25, 0.3) is 0 Å². The molecule has 0 spiro atoms. The second kappa shape index (κ2) is 7.74. The lowest BCUT2D eigenvalue weighted by Gasteiger charge is -2.26. The smallest absolute Gasteiger partial charge is 0.418 e. The SMILES string of the molecule is CCOc1ccc(NC(=O)NCC(O)C(C)(C)C)c(C(F)(F)F)c1. The molecule has 5 nitrogen and oxygen atoms in total. The number of carbonyl (C=O) groups is 1. The van der Waals surface area contributed by atoms with Gasteiger partial charge in [-0.05, 0) is 30.5 Å². The summed E-state index contributed by atoms with van der Waals surface area (Å²) < 4.78 is 44.4. The van der Waals surface area contributed by atoms with Gasteiger partial charge >= 0.3 is 12.2 Å². The Hall–Kier alpha value is -1.96. The Bertz CT molecular complexity index is 569. The van der Waals surface area contributed by atoms with Gasteiger partial charge < -0.3 is 20.5 Å². The average molecular weight is 348 g/mol. The number of alkyl halides is 3. The Morgan fingerprint density at radius 2 is 1.92 bits per heavy atom. The number of amides is 2. The number of hydrogen-bond donors (Lipinski definition) is 3. The fourth-order valence-electron chi connectivity index (χ4n) is 1.79. The molecule has 1 rings (SSSR count). The molecule has 1 atom stereocenters. The summed E-state index contributed by atoms with van der Waals surface area (Å²) in [5.41, 5.74) is -1.84. The van der Waals surface area contributed by atoms with Crippen LogP contribution in [0.2, 0.25) is 0 Å². The monoisotopic (exact) mass is 348 g/mol. The summed E-state index contributed by atoms with van der Waals surface area (Å²) >= 11 is 0. The molecule has 136 valence electrons. The highest BCUT2D eigenvalue weighted by atomic mass is 19.4. The normalized spacial score (nSPS) is 13.3. The van der Waals surface area contributed by atoms with Gasteiger partial charge in [0.2, 0.25) is 0 Å². The zero-order valence-electron chi connectivity index (χ0n) is 14.1. The molecule has 0 aliphatic heterocycles. The molecule has 0 aromatic heterocycles. The number of aliphatic hydroxyl groups excluding tert-OH is 1. The van der Waals surface area contributed by atoms with E-state index in [2.05, 4.69) is 10.6 Å². The summed E-state index contributed by atoms with van der Waals surface area (Å²) in [4.78, 5) is 11.8. The summed E-state index contributed by atoms with van der Waals surface area (Å²) in [6.45, 7) is 7.17. The number of carbonyl (C=O) groups excluding carboxylic acids is 1. The standard InChI is InChI=1S/C16H23F3N2O3/c1-5-24-10-6-7-12(11(8-10)16(17,18)19)21-14(23)20-9-13(22)15(2,3)4/h6-8,13,22H,5,9H2,1-4H3,(H2,20,21,23). The van der Waals surface area contributed by atoms with Crippen LogP contribution < -0.4 is 15.4 Å². The van der Waals surface area contributed by atoms with Crippen molar-refractivity contribution in [3.63, 3.8) is 0 Å². The Morgan fingerprint density at radius 1 is 1.29 bits per heavy atom. The van der Waals surface area contributed by atoms with Crippen LogP contribution in [0.4, 0.5) is 23.7 Å². The van der Waals surface area contributed by atoms with Crippen molar-refractivity contribution in [3.8, 4) is 5.75 Å². The number of ether oxygens (including phenoxy) is 1. The number of nitrogens with one attached hydrogen (secondary N) is 2. The van der Waals surface area contributed by atoms with Gasteiger partial charge in [-0.1, -0.05) is 20.8 Å². The van der Waals surface area contributed by atoms with E-state index in [-0.39, 0.29) is 24.6 Å². The second-order valence-corrected chi connectivity index (χ2v) is 6.36. The van der Waals surface area contributed by atoms with Gasteiger partial charge in [-0.25, -0.2) is 4.79 Å². The highest BCUT2D eigenvalue weighted by Crippen LogP contribution is 2.37. The van der Waals surface area contributed by atoms with E-state index in [1.165, 1.54) is 6.07 Å². The van der Waals surface area contributed by atoms with Gasteiger partial charge in [0.1, 0.15) is 5.75 Å². The van der Waals surface area contributed by atoms with E-state index >= 15 is 0 Å². The van der Waals surface area contributed by atoms with Crippen LogP contribution >= 0.6 is 0 Å². The van der Waals surface area contributed by atoms with Crippen molar-refractivity contribution in [2.75, 3.05) is 18.5 Å². The van der Waals surface area contributed by atoms with E-state index in [1.54, 1.807) is 27.7 Å². The third kappa shape index (κ3) is 5.92. The number of benzene rings is 1. The zero-order valence-corrected chi connectivity index (χ0v) is 14.1. The molecule has 1 unspecified atom stereocenters. The molecule has 0 radical (unpaired) electrons. The van der Waals surface area contributed by atoms with Gasteiger partial charge in [0.05, 0.1) is 24.0 Å². The summed E-state index contributed by atoms with van der Waals surface area (Å²) in [5.74, 6) is 0.0685. The Kier molecular flexibility index (Phi) is 6.48. The topological polar surface area (TPSA) is 70.6 Å². The van der Waals surface area contributed by atoms with Crippen molar-refractivity contribution in [1.82, 2.24) is 5.32 Å². The Balaban J connectivity index is 2.84. The van der Waals surface area contributed by atoms with E-state index < -0.39 is 29.3 Å². The fraction of sp³-hybridized carbons (Fsp3) is 0.562. The number of rotatable bonds is 5. The van der Waals surface area contributed by atoms with E-state index in [4.69, 9.17) is 4.74 Å². The first-order valence-corrected chi connectivity index (χ1v) is 7.52. The van der Waals surface area contributed by atoms with Crippen LogP contribution in [0.15, 0.2) is 18.2 Å². The minimum absolute atomic E-state index is 0.0685. The van der Waals surface area contributed by atoms with E-state index in [0.29, 0.717) is 0 Å². The molecule has 0 fully saturated rings. The Labute approximate surface area is 139 Å². The van der Waals surface area contributed by atoms with Crippen LogP contribution in [0.3, 0.4) is 0 Å². The maximum atomic E-state index is 13.1. The van der Waals surface area contributed by atoms with Crippen LogP contribution in [0, 0.1) is 5.41 Å². The van der Waals surface area contributed by atoms with E-state index in [1.807, 2.05) is 0 Å². The number of aliphatic hydroxyl groups is 1. The molecule has 0 saturated heterocycles. The lowest BCUT2D eigenvalue weighted by atomic mass is 9.89. The summed E-state index contributed by atoms with van der Waals surface area (Å²) in [6, 6.07) is 2.49. The number of halogens is 3. The molecule has 0 aliphatic rings. The first kappa shape index (κ1) is 20.1. The minimum atomic E-state index is -4.64. The molecule has 0 aliphatic carbocycles. The third-order valence-corrected chi connectivity index (χ3v) is 3.31. The van der Waals surface area contributed by atoms with Gasteiger partial charge in [-0.15, -0.1) is 0 Å². The first-order chi connectivity index (χ1) is 10.9. The van der Waals surface area contributed by atoms with Crippen LogP contribution in [0.5, 0.6) is 5.75 Å². The maximum Gasteiger partial charge on any atom is 0.418 e. The molecule has 24 heavy (non-hydrogen) atoms. The van der Waals surface area contributed by atoms with Gasteiger partial charge in [0, 0.05) is 6.54 Å². The number of urea groups is 1. The van der Waals surface area contributed by atoms with Gasteiger partial charge in [0.25, 0.3) is 0 Å². The van der Waals surface area contributed by atoms with Crippen LogP contribution in [0.1, 0.15) is 33.3 Å². The highest BCUT2D eigenvalue weighted by molar-refractivity contribution is 5.90. The largest absolute Gasteiger partial charge is 0.494 e. The number of anilines is 1. The molecule has 1 aromatic rings. The molecule has 0 bridgehead atoms. The van der Waals surface area contributed by atoms with Crippen molar-refractivity contribution in [1.29, 1.82) is 0 Å². The lowest BCUT2D eigenvalue weighted by molar-refractivity contribution is -0.137. The van der Waals surface area contributed by atoms with Crippen molar-refractivity contribution in [3.05, 3.63) is 23.8 Å². The third-order valence-electron chi connectivity index (χ3n) is 3.31. The lowest BCUT2D eigenvalue weighted by Crippen LogP contribution is -2.41. The van der Waals surface area contributed by atoms with Gasteiger partial charge in [-0.2, -0.15) is 13.2 Å². The molecule has 0 saturated carbocycles. The molecular weight excluding hydrogens is 325 g/mol. The van der Waals surface area contributed by atoms with Crippen molar-refractivity contribution in [2.24, 2.45) is 5.41 Å². The van der Waals surface area contributed by atoms with Crippen LogP contribution in [-0.2, 0) is 6.18 Å². The first-order valence-electron chi connectivity index (χ1n) is 7.52. The predicted molar refractivity (Wildman–Crippen MR) is 85.1 cm³/mol. The molecule has 2 amide bonds. The summed E-state index contributed by atoms with van der Waals surface area (Å²) in [5, 5.41) is 14.4. The molecule has 0 heterocycles. The Morgan fingerprint density at radius 3 is 2.42 bits per heavy atom. The zero-order chi connectivity index (χ0) is 18.5. The number of hydrogen-bond acceptors (Lipinski definition) is 3. The van der Waals surface area contributed by atoms with Gasteiger partial charge in [-0.3, -0.25) is 0 Å². The quantitative estimate of drug-likeness (QED) is 0.761. The molecule has 1 aromatic carbocycles. The summed E-state index contributed by atoms with van der Waals surface area (Å²) in [7, 11) is 0. The maximum absolute atomic E-state index is 13.1. The van der Waals surface area contributed by atoms with Crippen LogP contribution in [-0.4, -0.2) is 30.4 Å². The molecular formula is C16H23F3N2O3. The van der Waals surface area contributed by atoms with E-state index in [0.717, 1.165) is 12.1 Å². The minimum Gasteiger partial charge on any atom is -0.494 e. The molecule has 8 heteroatoms. The average Bonchev–Trinajstić information content (AvgIpc) is 2.44. The summed E-state index contributed by atoms with van der Waals surface area (Å²) in [6.07, 6.45) is -5.47. The molecule has 3 N–H and O–H groups in total. The second-order valence-electron chi connectivity index (χ2n) is 6.36. The van der Waals surface area contributed by atoms with Crippen molar-refractivity contribution < 1.29 is 27.8 Å². The van der Waals surface area contributed by atoms with E-state index in [9.17, 15) is 23.1 Å². The van der Waals surface area contributed by atoms with Crippen molar-refractivity contribution >= 4 is 11.7 Å². The van der Waals surface area contributed by atoms with Gasteiger partial charge in [0.15, 0.2) is 0 Å². The predicted octanol–water partition coefficient (Wildman–Crippen LogP) is 3.63.